The molecule has 4 rings (SSSR count). The van der Waals surface area contributed by atoms with E-state index in [2.05, 4.69) is 10.4 Å². The van der Waals surface area contributed by atoms with Crippen molar-refractivity contribution in [1.29, 1.82) is 0 Å². The normalized spacial score (nSPS) is 10.8. The predicted octanol–water partition coefficient (Wildman–Crippen LogP) is 5.60. The van der Waals surface area contributed by atoms with E-state index in [1.165, 1.54) is 24.3 Å². The number of carbonyl (C=O) groups is 1. The summed E-state index contributed by atoms with van der Waals surface area (Å²) < 4.78 is 33.8. The lowest BCUT2D eigenvalue weighted by Crippen LogP contribution is -2.14. The van der Waals surface area contributed by atoms with Crippen LogP contribution in [0.15, 0.2) is 79.0 Å². The molecule has 0 saturated heterocycles. The second-order valence-corrected chi connectivity index (χ2v) is 7.55. The highest BCUT2D eigenvalue weighted by molar-refractivity contribution is 6.06. The number of carbonyl (C=O) groups excluding carboxylic acids is 1. The fourth-order valence-corrected chi connectivity index (χ4v) is 3.40. The van der Waals surface area contributed by atoms with Crippen molar-refractivity contribution in [3.63, 3.8) is 0 Å². The molecule has 0 aliphatic rings. The highest BCUT2D eigenvalue weighted by atomic mass is 19.1. The first-order chi connectivity index (χ1) is 16.0. The lowest BCUT2D eigenvalue weighted by atomic mass is 10.1. The molecule has 3 aromatic carbocycles. The summed E-state index contributed by atoms with van der Waals surface area (Å²) in [6.45, 7) is 2.48. The van der Waals surface area contributed by atoms with Crippen molar-refractivity contribution in [3.05, 3.63) is 113 Å². The number of nitrogens with zero attached hydrogens (tertiary/aromatic N) is 2. The van der Waals surface area contributed by atoms with Gasteiger partial charge in [-0.2, -0.15) is 0 Å². The SMILES string of the molecule is CCc1ccccc1NC(=O)c1cn(Cc2ccc(F)cc2)nc1OCc1ccc(F)cc1. The maximum absolute atomic E-state index is 13.2. The highest BCUT2D eigenvalue weighted by Gasteiger charge is 2.19. The average molecular weight is 447 g/mol. The van der Waals surface area contributed by atoms with Gasteiger partial charge in [0, 0.05) is 11.9 Å². The van der Waals surface area contributed by atoms with Crippen LogP contribution < -0.4 is 10.1 Å². The van der Waals surface area contributed by atoms with E-state index in [1.54, 1.807) is 35.1 Å². The molecular weight excluding hydrogens is 424 g/mol. The van der Waals surface area contributed by atoms with Crippen LogP contribution in [0, 0.1) is 11.6 Å². The van der Waals surface area contributed by atoms with Gasteiger partial charge in [-0.3, -0.25) is 9.48 Å². The maximum Gasteiger partial charge on any atom is 0.262 e. The topological polar surface area (TPSA) is 56.2 Å². The molecule has 7 heteroatoms. The van der Waals surface area contributed by atoms with E-state index in [4.69, 9.17) is 4.74 Å². The van der Waals surface area contributed by atoms with Crippen LogP contribution in [0.1, 0.15) is 34.0 Å². The Balaban J connectivity index is 1.59. The predicted molar refractivity (Wildman–Crippen MR) is 122 cm³/mol. The third kappa shape index (κ3) is 5.63. The Hall–Kier alpha value is -4.00. The van der Waals surface area contributed by atoms with Crippen LogP contribution >= 0.6 is 0 Å². The molecule has 1 amide bonds. The van der Waals surface area contributed by atoms with Crippen molar-refractivity contribution in [2.45, 2.75) is 26.5 Å². The molecule has 0 unspecified atom stereocenters. The van der Waals surface area contributed by atoms with Crippen LogP contribution in [0.3, 0.4) is 0 Å². The minimum Gasteiger partial charge on any atom is -0.471 e. The summed E-state index contributed by atoms with van der Waals surface area (Å²) in [4.78, 5) is 13.1. The molecule has 1 aromatic heterocycles. The number of amides is 1. The lowest BCUT2D eigenvalue weighted by molar-refractivity contribution is 0.102. The number of ether oxygens (including phenoxy) is 1. The van der Waals surface area contributed by atoms with Crippen LogP contribution in [-0.2, 0) is 19.6 Å². The zero-order chi connectivity index (χ0) is 23.2. The Labute approximate surface area is 190 Å². The van der Waals surface area contributed by atoms with E-state index in [1.807, 2.05) is 31.2 Å². The van der Waals surface area contributed by atoms with Gasteiger partial charge in [0.05, 0.1) is 6.54 Å². The second-order valence-electron chi connectivity index (χ2n) is 7.55. The van der Waals surface area contributed by atoms with Gasteiger partial charge in [-0.15, -0.1) is 5.10 Å². The number of aryl methyl sites for hydroxylation is 1. The van der Waals surface area contributed by atoms with Crippen molar-refractivity contribution in [3.8, 4) is 5.88 Å². The largest absolute Gasteiger partial charge is 0.471 e. The van der Waals surface area contributed by atoms with Gasteiger partial charge in [-0.05, 0) is 53.4 Å². The number of anilines is 1. The first-order valence-corrected chi connectivity index (χ1v) is 10.6. The van der Waals surface area contributed by atoms with Crippen molar-refractivity contribution in [1.82, 2.24) is 9.78 Å². The molecule has 0 fully saturated rings. The van der Waals surface area contributed by atoms with Gasteiger partial charge < -0.3 is 10.1 Å². The van der Waals surface area contributed by atoms with E-state index in [9.17, 15) is 13.6 Å². The molecule has 5 nitrogen and oxygen atoms in total. The summed E-state index contributed by atoms with van der Waals surface area (Å²) in [5, 5.41) is 7.37. The Bertz CT molecular complexity index is 1240. The minimum atomic E-state index is -0.352. The molecular formula is C26H23F2N3O2. The van der Waals surface area contributed by atoms with Gasteiger partial charge in [-0.1, -0.05) is 49.4 Å². The summed E-state index contributed by atoms with van der Waals surface area (Å²) in [6, 6.07) is 19.6. The summed E-state index contributed by atoms with van der Waals surface area (Å²) in [7, 11) is 0. The van der Waals surface area contributed by atoms with E-state index >= 15 is 0 Å². The molecule has 1 heterocycles. The number of aromatic nitrogens is 2. The van der Waals surface area contributed by atoms with E-state index in [0.717, 1.165) is 28.8 Å². The van der Waals surface area contributed by atoms with E-state index < -0.39 is 0 Å². The summed E-state index contributed by atoms with van der Waals surface area (Å²) in [5.41, 5.74) is 3.57. The quantitative estimate of drug-likeness (QED) is 0.382. The van der Waals surface area contributed by atoms with Crippen LogP contribution in [-0.4, -0.2) is 15.7 Å². The number of hydrogen-bond donors (Lipinski definition) is 1. The molecule has 168 valence electrons. The van der Waals surface area contributed by atoms with Gasteiger partial charge in [0.2, 0.25) is 5.88 Å². The van der Waals surface area contributed by atoms with Crippen molar-refractivity contribution in [2.75, 3.05) is 5.32 Å². The minimum absolute atomic E-state index is 0.125. The summed E-state index contributed by atoms with van der Waals surface area (Å²) in [5.74, 6) is -0.850. The zero-order valence-corrected chi connectivity index (χ0v) is 18.1. The number of nitrogens with one attached hydrogen (secondary N) is 1. The van der Waals surface area contributed by atoms with Crippen LogP contribution in [0.4, 0.5) is 14.5 Å². The summed E-state index contributed by atoms with van der Waals surface area (Å²) in [6.07, 6.45) is 2.38. The Morgan fingerprint density at radius 3 is 2.24 bits per heavy atom. The summed E-state index contributed by atoms with van der Waals surface area (Å²) >= 11 is 0. The molecule has 4 aromatic rings. The van der Waals surface area contributed by atoms with Crippen molar-refractivity contribution >= 4 is 11.6 Å². The Morgan fingerprint density at radius 2 is 1.58 bits per heavy atom. The highest BCUT2D eigenvalue weighted by Crippen LogP contribution is 2.22. The van der Waals surface area contributed by atoms with Gasteiger partial charge in [0.1, 0.15) is 23.8 Å². The van der Waals surface area contributed by atoms with Crippen LogP contribution in [0.25, 0.3) is 0 Å². The lowest BCUT2D eigenvalue weighted by Gasteiger charge is -2.10. The molecule has 0 saturated carbocycles. The monoisotopic (exact) mass is 447 g/mol. The second kappa shape index (κ2) is 10.1. The van der Waals surface area contributed by atoms with Gasteiger partial charge in [0.25, 0.3) is 5.91 Å². The average Bonchev–Trinajstić information content (AvgIpc) is 3.23. The van der Waals surface area contributed by atoms with Crippen molar-refractivity contribution in [2.24, 2.45) is 0 Å². The van der Waals surface area contributed by atoms with Crippen molar-refractivity contribution < 1.29 is 18.3 Å². The molecule has 1 N–H and O–H groups in total. The number of benzene rings is 3. The third-order valence-electron chi connectivity index (χ3n) is 5.17. The first kappa shape index (κ1) is 22.2. The smallest absolute Gasteiger partial charge is 0.262 e. The van der Waals surface area contributed by atoms with E-state index in [-0.39, 0.29) is 35.6 Å². The maximum atomic E-state index is 13.2. The van der Waals surface area contributed by atoms with Crippen LogP contribution in [0.2, 0.25) is 0 Å². The Morgan fingerprint density at radius 1 is 0.939 bits per heavy atom. The fraction of sp³-hybridized carbons (Fsp3) is 0.154. The molecule has 33 heavy (non-hydrogen) atoms. The van der Waals surface area contributed by atoms with Crippen LogP contribution in [0.5, 0.6) is 5.88 Å². The van der Waals surface area contributed by atoms with Gasteiger partial charge in [-0.25, -0.2) is 8.78 Å². The van der Waals surface area contributed by atoms with Gasteiger partial charge >= 0.3 is 0 Å². The molecule has 0 aliphatic heterocycles. The third-order valence-corrected chi connectivity index (χ3v) is 5.17. The first-order valence-electron chi connectivity index (χ1n) is 10.6. The standard InChI is InChI=1S/C26H23F2N3O2/c1-2-20-5-3-4-6-24(20)29-25(32)23-16-31(15-18-7-11-21(27)12-8-18)30-26(23)33-17-19-9-13-22(28)14-10-19/h3-14,16H,2,15,17H2,1H3,(H,29,32). The number of halogens is 2. The number of hydrogen-bond acceptors (Lipinski definition) is 3. The number of rotatable bonds is 8. The number of para-hydroxylation sites is 1. The molecule has 0 radical (unpaired) electrons. The Kier molecular flexibility index (Phi) is 6.78. The van der Waals surface area contributed by atoms with Gasteiger partial charge in [0.15, 0.2) is 0 Å². The molecule has 0 atom stereocenters. The molecule has 0 spiro atoms. The van der Waals surface area contributed by atoms with E-state index in [0.29, 0.717) is 6.54 Å². The zero-order valence-electron chi connectivity index (χ0n) is 18.1. The fourth-order valence-electron chi connectivity index (χ4n) is 3.40. The molecule has 0 aliphatic carbocycles. The molecule has 0 bridgehead atoms.